The number of nitrogens with zero attached hydrogens (tertiary/aromatic N) is 4. The van der Waals surface area contributed by atoms with Crippen LogP contribution in [0.25, 0.3) is 21.9 Å². The second-order valence-electron chi connectivity index (χ2n) is 9.28. The van der Waals surface area contributed by atoms with Crippen LogP contribution in [0.1, 0.15) is 11.8 Å². The topological polar surface area (TPSA) is 209 Å². The first-order chi connectivity index (χ1) is 19.5. The Bertz CT molecular complexity index is 1750. The quantitative estimate of drug-likeness (QED) is 0.119. The van der Waals surface area contributed by atoms with E-state index in [1.165, 1.54) is 35.2 Å². The van der Waals surface area contributed by atoms with Crippen molar-refractivity contribution >= 4 is 60.2 Å². The minimum Gasteiger partial charge on any atom is -0.387 e. The van der Waals surface area contributed by atoms with Crippen LogP contribution in [0.3, 0.4) is 0 Å². The Morgan fingerprint density at radius 3 is 2.40 bits per heavy atom. The summed E-state index contributed by atoms with van der Waals surface area (Å²) in [4.78, 5) is 40.0. The molecule has 14 nitrogen and oxygen atoms in total. The number of benzene rings is 2. The van der Waals surface area contributed by atoms with Gasteiger partial charge in [-0.25, -0.2) is 4.98 Å². The number of fused-ring (bicyclic) bond motifs is 2. The molecule has 42 heavy (non-hydrogen) atoms. The lowest BCUT2D eigenvalue weighted by atomic mass is 10.0. The van der Waals surface area contributed by atoms with E-state index in [9.17, 15) is 37.4 Å². The molecule has 226 valence electrons. The van der Waals surface area contributed by atoms with Crippen LogP contribution in [0.2, 0.25) is 5.28 Å². The largest absolute Gasteiger partial charge is 0.417 e. The van der Waals surface area contributed by atoms with E-state index in [1.807, 2.05) is 0 Å². The number of ether oxygens (including phenoxy) is 1. The monoisotopic (exact) mass is 653 g/mol. The lowest BCUT2D eigenvalue weighted by Crippen LogP contribution is -2.33. The van der Waals surface area contributed by atoms with Crippen LogP contribution >= 0.6 is 26.8 Å². The minimum atomic E-state index is -4.90. The highest BCUT2D eigenvalue weighted by molar-refractivity contribution is 7.70. The Morgan fingerprint density at radius 1 is 1.05 bits per heavy atom. The first-order valence-electron chi connectivity index (χ1n) is 11.8. The highest BCUT2D eigenvalue weighted by atomic mass is 35.5. The molecule has 5 atom stereocenters. The van der Waals surface area contributed by atoms with Gasteiger partial charge in [0.25, 0.3) is 0 Å². The number of halogens is 4. The zero-order valence-corrected chi connectivity index (χ0v) is 23.4. The molecule has 0 amide bonds. The number of hydrogen-bond donors (Lipinski definition) is 6. The van der Waals surface area contributed by atoms with Gasteiger partial charge in [-0.1, -0.05) is 24.3 Å². The van der Waals surface area contributed by atoms with Gasteiger partial charge in [0.05, 0.1) is 18.5 Å². The number of imidazole rings is 1. The third-order valence-electron chi connectivity index (χ3n) is 6.29. The lowest BCUT2D eigenvalue weighted by Gasteiger charge is -2.18. The van der Waals surface area contributed by atoms with Gasteiger partial charge in [-0.3, -0.25) is 13.7 Å². The zero-order valence-electron chi connectivity index (χ0n) is 20.8. The highest BCUT2D eigenvalue weighted by Crippen LogP contribution is 2.55. The predicted molar refractivity (Wildman–Crippen MR) is 141 cm³/mol. The van der Waals surface area contributed by atoms with E-state index in [0.717, 1.165) is 6.07 Å². The summed E-state index contributed by atoms with van der Waals surface area (Å²) in [5.41, 5.74) is -0.531. The summed E-state index contributed by atoms with van der Waals surface area (Å²) >= 11 is 6.13. The molecule has 0 saturated carbocycles. The standard InChI is InChI=1S/C22H21ClF3N5O9P2/c23-21-29-18(28-13-6-5-12(22(24,25)26)10-3-1-2-4-11(10)13)15-19(30-21)31(8-27-15)20-17(33)16(32)14(40-20)7-39-42(37,38)9-41(34,35)36/h1-6,8,14,16-17,20,32-33H,7,9H2,(H,37,38)(H,28,29,30)(H2,34,35,36)/t14-,16+,17?,20-/m1/s1. The van der Waals surface area contributed by atoms with Crippen molar-refractivity contribution in [3.05, 3.63) is 53.6 Å². The summed E-state index contributed by atoms with van der Waals surface area (Å²) in [5.74, 6) is -1.46. The summed E-state index contributed by atoms with van der Waals surface area (Å²) in [6.45, 7) is -0.807. The van der Waals surface area contributed by atoms with Crippen LogP contribution < -0.4 is 5.32 Å². The van der Waals surface area contributed by atoms with E-state index in [2.05, 4.69) is 20.3 Å². The van der Waals surface area contributed by atoms with Crippen molar-refractivity contribution in [2.45, 2.75) is 30.7 Å². The number of aromatic nitrogens is 4. The Kier molecular flexibility index (Phi) is 8.13. The number of alkyl halides is 3. The number of anilines is 2. The highest BCUT2D eigenvalue weighted by Gasteiger charge is 2.46. The molecule has 2 aromatic carbocycles. The summed E-state index contributed by atoms with van der Waals surface area (Å²) in [5, 5.41) is 23.9. The SMILES string of the molecule is O=P(O)(O)CP(=O)(O)OC[C@H]1O[C@@H](n2cnc3c(Nc4ccc(C(F)(F)F)c5ccccc45)nc(Cl)nc32)C(O)[C@H]1O. The van der Waals surface area contributed by atoms with E-state index in [0.29, 0.717) is 0 Å². The van der Waals surface area contributed by atoms with E-state index < -0.39 is 64.0 Å². The molecule has 0 aliphatic carbocycles. The van der Waals surface area contributed by atoms with E-state index >= 15 is 0 Å². The van der Waals surface area contributed by atoms with Crippen molar-refractivity contribution in [3.63, 3.8) is 0 Å². The van der Waals surface area contributed by atoms with Crippen molar-refractivity contribution in [1.29, 1.82) is 0 Å². The van der Waals surface area contributed by atoms with Crippen molar-refractivity contribution in [2.75, 3.05) is 17.8 Å². The summed E-state index contributed by atoms with van der Waals surface area (Å²) in [6, 6.07) is 7.99. The maximum absolute atomic E-state index is 13.6. The molecule has 1 aliphatic heterocycles. The molecule has 2 aromatic heterocycles. The molecule has 1 aliphatic rings. The minimum absolute atomic E-state index is 0.000218. The van der Waals surface area contributed by atoms with Gasteiger partial charge in [0.15, 0.2) is 29.1 Å². The molecule has 1 fully saturated rings. The van der Waals surface area contributed by atoms with Crippen LogP contribution in [-0.2, 0) is 24.6 Å². The van der Waals surface area contributed by atoms with Crippen molar-refractivity contribution in [3.8, 4) is 0 Å². The Morgan fingerprint density at radius 2 is 1.74 bits per heavy atom. The van der Waals surface area contributed by atoms with Crippen LogP contribution in [0, 0.1) is 0 Å². The fourth-order valence-electron chi connectivity index (χ4n) is 4.51. The molecular weight excluding hydrogens is 633 g/mol. The fraction of sp³-hybridized carbons (Fsp3) is 0.318. The summed E-state index contributed by atoms with van der Waals surface area (Å²) in [7, 11) is -9.67. The van der Waals surface area contributed by atoms with E-state index in [1.54, 1.807) is 6.07 Å². The molecule has 0 radical (unpaired) electrons. The van der Waals surface area contributed by atoms with Gasteiger partial charge in [-0.15, -0.1) is 0 Å². The van der Waals surface area contributed by atoms with Gasteiger partial charge in [0, 0.05) is 11.1 Å². The van der Waals surface area contributed by atoms with Crippen LogP contribution in [-0.4, -0.2) is 75.2 Å². The maximum Gasteiger partial charge on any atom is 0.417 e. The Balaban J connectivity index is 1.44. The molecular formula is C22H21ClF3N5O9P2. The molecule has 2 unspecified atom stereocenters. The molecule has 0 bridgehead atoms. The normalized spacial score (nSPS) is 23.0. The smallest absolute Gasteiger partial charge is 0.387 e. The van der Waals surface area contributed by atoms with Gasteiger partial charge in [0.1, 0.15) is 18.3 Å². The number of rotatable bonds is 8. The first kappa shape index (κ1) is 30.8. The molecule has 4 aromatic rings. The average Bonchev–Trinajstić information content (AvgIpc) is 3.41. The molecule has 20 heteroatoms. The summed E-state index contributed by atoms with van der Waals surface area (Å²) in [6.07, 6.45) is -9.54. The van der Waals surface area contributed by atoms with E-state index in [4.69, 9.17) is 30.6 Å². The molecule has 5 rings (SSSR count). The molecule has 1 saturated heterocycles. The van der Waals surface area contributed by atoms with Crippen molar-refractivity contribution in [2.24, 2.45) is 0 Å². The molecule has 0 spiro atoms. The Labute approximate surface area is 238 Å². The second kappa shape index (κ2) is 11.1. The first-order valence-corrected chi connectivity index (χ1v) is 15.8. The van der Waals surface area contributed by atoms with Gasteiger partial charge >= 0.3 is 21.4 Å². The maximum atomic E-state index is 13.6. The predicted octanol–water partition coefficient (Wildman–Crippen LogP) is 3.35. The number of nitrogens with one attached hydrogen (secondary N) is 1. The third-order valence-corrected chi connectivity index (χ3v) is 9.92. The lowest BCUT2D eigenvalue weighted by molar-refractivity contribution is -0.136. The van der Waals surface area contributed by atoms with Gasteiger partial charge in [0.2, 0.25) is 5.28 Å². The van der Waals surface area contributed by atoms with Gasteiger partial charge < -0.3 is 39.5 Å². The second-order valence-corrected chi connectivity index (χ2v) is 13.6. The zero-order chi connectivity index (χ0) is 30.6. The van der Waals surface area contributed by atoms with Crippen LogP contribution in [0.4, 0.5) is 24.7 Å². The van der Waals surface area contributed by atoms with Gasteiger partial charge in [-0.05, 0) is 29.1 Å². The average molecular weight is 654 g/mol. The van der Waals surface area contributed by atoms with E-state index in [-0.39, 0.29) is 38.7 Å². The van der Waals surface area contributed by atoms with Crippen molar-refractivity contribution in [1.82, 2.24) is 19.5 Å². The van der Waals surface area contributed by atoms with Crippen LogP contribution in [0.15, 0.2) is 42.7 Å². The number of hydrogen-bond acceptors (Lipinski definition) is 10. The number of aliphatic hydroxyl groups excluding tert-OH is 2. The number of aliphatic hydroxyl groups is 2. The Hall–Kier alpha value is -2.69. The molecule has 3 heterocycles. The van der Waals surface area contributed by atoms with Crippen LogP contribution in [0.5, 0.6) is 0 Å². The fourth-order valence-corrected chi connectivity index (χ4v) is 7.24. The third kappa shape index (κ3) is 6.31. The molecule has 6 N–H and O–H groups in total. The summed E-state index contributed by atoms with van der Waals surface area (Å²) < 4.78 is 75.2. The van der Waals surface area contributed by atoms with Gasteiger partial charge in [-0.2, -0.15) is 23.1 Å². The van der Waals surface area contributed by atoms with Crippen molar-refractivity contribution < 1.29 is 56.5 Å².